The van der Waals surface area contributed by atoms with Gasteiger partial charge in [-0.2, -0.15) is 15.2 Å². The van der Waals surface area contributed by atoms with Gasteiger partial charge >= 0.3 is 0 Å². The first-order valence-corrected chi connectivity index (χ1v) is 8.55. The van der Waals surface area contributed by atoms with Gasteiger partial charge in [-0.3, -0.25) is 4.79 Å². The van der Waals surface area contributed by atoms with Crippen LogP contribution in [0.3, 0.4) is 0 Å². The smallest absolute Gasteiger partial charge is 0.297 e. The molecule has 29 heavy (non-hydrogen) atoms. The monoisotopic (exact) mass is 414 g/mol. The number of aromatic nitrogens is 2. The van der Waals surface area contributed by atoms with Crippen LogP contribution in [0.5, 0.6) is 5.75 Å². The van der Waals surface area contributed by atoms with E-state index >= 15 is 0 Å². The van der Waals surface area contributed by atoms with Gasteiger partial charge in [0.15, 0.2) is 12.4 Å². The van der Waals surface area contributed by atoms with Gasteiger partial charge in [0.25, 0.3) is 18.8 Å². The minimum atomic E-state index is -3.50. The van der Waals surface area contributed by atoms with Crippen LogP contribution in [0.2, 0.25) is 0 Å². The number of halogens is 4. The summed E-state index contributed by atoms with van der Waals surface area (Å²) in [5.74, 6) is -0.655. The fourth-order valence-corrected chi connectivity index (χ4v) is 2.92. The minimum Gasteiger partial charge on any atom is -0.471 e. The van der Waals surface area contributed by atoms with E-state index in [-0.39, 0.29) is 17.4 Å². The lowest BCUT2D eigenvalue weighted by molar-refractivity contribution is -0.164. The molecule has 1 aromatic heterocycles. The van der Waals surface area contributed by atoms with Crippen LogP contribution in [0, 0.1) is 13.8 Å². The summed E-state index contributed by atoms with van der Waals surface area (Å²) in [6.07, 6.45) is -6.47. The molecule has 1 aliphatic heterocycles. The molecule has 0 radical (unpaired) electrons. The number of ether oxygens (including phenoxy) is 1. The van der Waals surface area contributed by atoms with Gasteiger partial charge in [-0.15, -0.1) is 0 Å². The maximum Gasteiger partial charge on any atom is 0.297 e. The molecule has 1 amide bonds. The van der Waals surface area contributed by atoms with Gasteiger partial charge in [0.05, 0.1) is 0 Å². The van der Waals surface area contributed by atoms with Crippen molar-refractivity contribution in [1.29, 1.82) is 0 Å². The second kappa shape index (κ2) is 7.82. The van der Waals surface area contributed by atoms with Crippen LogP contribution < -0.4 is 4.74 Å². The molecule has 2 aromatic rings. The van der Waals surface area contributed by atoms with E-state index in [1.165, 1.54) is 16.9 Å². The van der Waals surface area contributed by atoms with Crippen LogP contribution in [-0.4, -0.2) is 50.1 Å². The zero-order chi connectivity index (χ0) is 21.3. The maximum absolute atomic E-state index is 13.3. The lowest BCUT2D eigenvalue weighted by Gasteiger charge is -2.29. The molecule has 1 N–H and O–H groups in total. The summed E-state index contributed by atoms with van der Waals surface area (Å²) < 4.78 is 59.0. The lowest BCUT2D eigenvalue weighted by atomic mass is 10.1. The van der Waals surface area contributed by atoms with Crippen molar-refractivity contribution >= 4 is 11.6 Å². The number of aliphatic hydroxyl groups is 1. The molecule has 3 rings (SSSR count). The molecule has 1 atom stereocenters. The summed E-state index contributed by atoms with van der Waals surface area (Å²) in [4.78, 5) is 12.5. The first kappa shape index (κ1) is 20.8. The van der Waals surface area contributed by atoms with Crippen LogP contribution in [0.15, 0.2) is 35.6 Å². The standard InChI is InChI=1S/C18H18F4N4O3/c1-10-5-11(2)7-12(6-10)29-9-25-4-3-13(23-25)16(27)26-18(28,17(21)22)8-14(24-26)15(19)20/h3-7,15,17,28H,8-9H2,1-2H3. The van der Waals surface area contributed by atoms with Crippen molar-refractivity contribution < 1.29 is 32.2 Å². The summed E-state index contributed by atoms with van der Waals surface area (Å²) in [7, 11) is 0. The number of alkyl halides is 4. The maximum atomic E-state index is 13.3. The Hall–Kier alpha value is -2.95. The van der Waals surface area contributed by atoms with E-state index < -0.39 is 36.6 Å². The van der Waals surface area contributed by atoms with Gasteiger partial charge in [-0.25, -0.2) is 22.2 Å². The number of hydrogen-bond donors (Lipinski definition) is 1. The van der Waals surface area contributed by atoms with E-state index in [0.29, 0.717) is 5.75 Å². The van der Waals surface area contributed by atoms with Crippen LogP contribution in [0.25, 0.3) is 0 Å². The molecule has 1 unspecified atom stereocenters. The first-order valence-electron chi connectivity index (χ1n) is 8.55. The Labute approximate surface area is 163 Å². The van der Waals surface area contributed by atoms with Gasteiger partial charge in [0, 0.05) is 12.6 Å². The SMILES string of the molecule is Cc1cc(C)cc(OCn2ccc(C(=O)N3N=C(C(F)F)CC3(O)C(F)F)n2)c1. The van der Waals surface area contributed by atoms with E-state index in [0.717, 1.165) is 11.1 Å². The Morgan fingerprint density at radius 2 is 1.90 bits per heavy atom. The van der Waals surface area contributed by atoms with Crippen LogP contribution in [-0.2, 0) is 6.73 Å². The molecule has 0 aliphatic carbocycles. The Morgan fingerprint density at radius 3 is 2.48 bits per heavy atom. The molecule has 7 nitrogen and oxygen atoms in total. The third-order valence-electron chi connectivity index (χ3n) is 4.25. The highest BCUT2D eigenvalue weighted by Gasteiger charge is 2.53. The Kier molecular flexibility index (Phi) is 5.60. The fourth-order valence-electron chi connectivity index (χ4n) is 2.92. The summed E-state index contributed by atoms with van der Waals surface area (Å²) in [5.41, 5.74) is -2.53. The largest absolute Gasteiger partial charge is 0.471 e. The quantitative estimate of drug-likeness (QED) is 0.738. The molecule has 0 saturated carbocycles. The van der Waals surface area contributed by atoms with Crippen molar-refractivity contribution in [2.75, 3.05) is 0 Å². The molecule has 0 saturated heterocycles. The minimum absolute atomic E-state index is 0.0311. The fraction of sp³-hybridized carbons (Fsp3) is 0.389. The van der Waals surface area contributed by atoms with Crippen molar-refractivity contribution in [2.45, 2.75) is 45.6 Å². The number of rotatable bonds is 6. The predicted octanol–water partition coefficient (Wildman–Crippen LogP) is 2.96. The van der Waals surface area contributed by atoms with Gasteiger partial charge in [0.2, 0.25) is 5.72 Å². The van der Waals surface area contributed by atoms with E-state index in [1.54, 1.807) is 12.1 Å². The molecule has 11 heteroatoms. The van der Waals surface area contributed by atoms with Gasteiger partial charge in [-0.05, 0) is 43.2 Å². The third kappa shape index (κ3) is 4.24. The molecule has 156 valence electrons. The van der Waals surface area contributed by atoms with Crippen molar-refractivity contribution in [3.8, 4) is 5.75 Å². The highest BCUT2D eigenvalue weighted by atomic mass is 19.3. The highest BCUT2D eigenvalue weighted by molar-refractivity contribution is 5.97. The normalized spacial score (nSPS) is 19.2. The summed E-state index contributed by atoms with van der Waals surface area (Å²) in [6.45, 7) is 3.72. The van der Waals surface area contributed by atoms with Crippen LogP contribution in [0.1, 0.15) is 28.0 Å². The van der Waals surface area contributed by atoms with E-state index in [9.17, 15) is 27.5 Å². The second-order valence-corrected chi connectivity index (χ2v) is 6.70. The summed E-state index contributed by atoms with van der Waals surface area (Å²) >= 11 is 0. The molecular weight excluding hydrogens is 396 g/mol. The number of carbonyl (C=O) groups excluding carboxylic acids is 1. The number of benzene rings is 1. The summed E-state index contributed by atoms with van der Waals surface area (Å²) in [6, 6.07) is 6.76. The van der Waals surface area contributed by atoms with E-state index in [2.05, 4.69) is 10.2 Å². The number of aryl methyl sites for hydroxylation is 2. The average Bonchev–Trinajstić information content (AvgIpc) is 3.24. The number of amides is 1. The second-order valence-electron chi connectivity index (χ2n) is 6.70. The topological polar surface area (TPSA) is 80.0 Å². The number of hydrazone groups is 1. The van der Waals surface area contributed by atoms with Crippen molar-refractivity contribution in [2.24, 2.45) is 5.10 Å². The Bertz CT molecular complexity index is 927. The molecular formula is C18H18F4N4O3. The molecule has 2 heterocycles. The molecule has 0 bridgehead atoms. The average molecular weight is 414 g/mol. The Morgan fingerprint density at radius 1 is 1.24 bits per heavy atom. The van der Waals surface area contributed by atoms with E-state index in [4.69, 9.17) is 4.74 Å². The third-order valence-corrected chi connectivity index (χ3v) is 4.25. The molecule has 0 fully saturated rings. The van der Waals surface area contributed by atoms with Gasteiger partial charge in [0.1, 0.15) is 11.5 Å². The lowest BCUT2D eigenvalue weighted by Crippen LogP contribution is -2.51. The zero-order valence-corrected chi connectivity index (χ0v) is 15.5. The first-order chi connectivity index (χ1) is 13.6. The molecule has 0 spiro atoms. The number of hydrogen-bond acceptors (Lipinski definition) is 5. The Balaban J connectivity index is 1.75. The number of nitrogens with zero attached hydrogens (tertiary/aromatic N) is 4. The molecule has 1 aromatic carbocycles. The van der Waals surface area contributed by atoms with Crippen molar-refractivity contribution in [3.63, 3.8) is 0 Å². The van der Waals surface area contributed by atoms with Gasteiger partial charge in [-0.1, -0.05) is 6.07 Å². The van der Waals surface area contributed by atoms with Crippen LogP contribution >= 0.6 is 0 Å². The molecule has 1 aliphatic rings. The number of carbonyl (C=O) groups is 1. The van der Waals surface area contributed by atoms with Crippen molar-refractivity contribution in [1.82, 2.24) is 14.8 Å². The van der Waals surface area contributed by atoms with Crippen molar-refractivity contribution in [3.05, 3.63) is 47.3 Å². The van der Waals surface area contributed by atoms with E-state index in [1.807, 2.05) is 19.9 Å². The zero-order valence-electron chi connectivity index (χ0n) is 15.5. The summed E-state index contributed by atoms with van der Waals surface area (Å²) in [5, 5.41) is 17.1. The van der Waals surface area contributed by atoms with Crippen LogP contribution in [0.4, 0.5) is 17.6 Å². The van der Waals surface area contributed by atoms with Gasteiger partial charge < -0.3 is 9.84 Å². The predicted molar refractivity (Wildman–Crippen MR) is 94.0 cm³/mol. The highest BCUT2D eigenvalue weighted by Crippen LogP contribution is 2.34.